The molecule has 0 aliphatic carbocycles. The molecule has 4 heteroatoms. The molecule has 0 unspecified atom stereocenters. The maximum absolute atomic E-state index is 11.5. The Morgan fingerprint density at radius 2 is 2.07 bits per heavy atom. The Morgan fingerprint density at radius 3 is 2.93 bits per heavy atom. The SMILES string of the molecule is Cn1ccc2c1ccn1c(=O)ccnc21. The maximum atomic E-state index is 11.5. The van der Waals surface area contributed by atoms with Crippen molar-refractivity contribution >= 4 is 16.6 Å². The van der Waals surface area contributed by atoms with Crippen LogP contribution in [0, 0.1) is 0 Å². The molecule has 3 aromatic heterocycles. The van der Waals surface area contributed by atoms with Gasteiger partial charge in [-0.25, -0.2) is 4.98 Å². The molecule has 0 spiro atoms. The molecule has 4 nitrogen and oxygen atoms in total. The second-order valence-electron chi connectivity index (χ2n) is 3.52. The molecule has 74 valence electrons. The minimum absolute atomic E-state index is 0.0502. The lowest BCUT2D eigenvalue weighted by molar-refractivity contribution is 0.965. The number of hydrogen-bond donors (Lipinski definition) is 0. The van der Waals surface area contributed by atoms with Crippen LogP contribution in [0.15, 0.2) is 41.6 Å². The molecule has 15 heavy (non-hydrogen) atoms. The second kappa shape index (κ2) is 2.70. The first-order valence-corrected chi connectivity index (χ1v) is 4.69. The lowest BCUT2D eigenvalue weighted by atomic mass is 10.3. The number of pyridine rings is 1. The standard InChI is InChI=1S/C11H9N3O/c1-13-6-3-8-9(13)4-7-14-10(15)2-5-12-11(8)14/h2-7H,1H3. The van der Waals surface area contributed by atoms with Crippen molar-refractivity contribution in [2.75, 3.05) is 0 Å². The first kappa shape index (κ1) is 8.23. The van der Waals surface area contributed by atoms with E-state index in [-0.39, 0.29) is 5.56 Å². The molecule has 0 aromatic carbocycles. The molecule has 0 bridgehead atoms. The third-order valence-electron chi connectivity index (χ3n) is 2.62. The van der Waals surface area contributed by atoms with E-state index in [2.05, 4.69) is 4.98 Å². The molecule has 0 amide bonds. The Kier molecular flexibility index (Phi) is 1.48. The minimum atomic E-state index is -0.0502. The van der Waals surface area contributed by atoms with Crippen LogP contribution in [0.3, 0.4) is 0 Å². The molecule has 3 rings (SSSR count). The highest BCUT2D eigenvalue weighted by atomic mass is 16.1. The van der Waals surface area contributed by atoms with E-state index >= 15 is 0 Å². The van der Waals surface area contributed by atoms with Crippen molar-refractivity contribution in [3.63, 3.8) is 0 Å². The van der Waals surface area contributed by atoms with Gasteiger partial charge in [-0.1, -0.05) is 0 Å². The Bertz CT molecular complexity index is 708. The molecule has 0 saturated heterocycles. The van der Waals surface area contributed by atoms with Crippen molar-refractivity contribution in [2.45, 2.75) is 0 Å². The zero-order chi connectivity index (χ0) is 10.4. The van der Waals surface area contributed by atoms with Gasteiger partial charge in [0.25, 0.3) is 5.56 Å². The summed E-state index contributed by atoms with van der Waals surface area (Å²) >= 11 is 0. The molecular weight excluding hydrogens is 190 g/mol. The van der Waals surface area contributed by atoms with Crippen molar-refractivity contribution in [3.05, 3.63) is 47.1 Å². The Balaban J connectivity index is 2.67. The van der Waals surface area contributed by atoms with Gasteiger partial charge in [0.15, 0.2) is 0 Å². The molecule has 0 aliphatic heterocycles. The summed E-state index contributed by atoms with van der Waals surface area (Å²) in [5.41, 5.74) is 1.74. The summed E-state index contributed by atoms with van der Waals surface area (Å²) in [6, 6.07) is 5.35. The van der Waals surface area contributed by atoms with Crippen LogP contribution >= 0.6 is 0 Å². The molecule has 0 fully saturated rings. The first-order valence-electron chi connectivity index (χ1n) is 4.69. The van der Waals surface area contributed by atoms with Gasteiger partial charge in [0.2, 0.25) is 0 Å². The predicted molar refractivity (Wildman–Crippen MR) is 57.9 cm³/mol. The highest BCUT2D eigenvalue weighted by molar-refractivity contribution is 5.92. The average Bonchev–Trinajstić information content (AvgIpc) is 2.61. The van der Waals surface area contributed by atoms with Crippen LogP contribution < -0.4 is 5.56 Å². The fourth-order valence-electron chi connectivity index (χ4n) is 1.85. The lowest BCUT2D eigenvalue weighted by Crippen LogP contribution is -2.12. The Morgan fingerprint density at radius 1 is 1.20 bits per heavy atom. The molecule has 0 atom stereocenters. The monoisotopic (exact) mass is 199 g/mol. The lowest BCUT2D eigenvalue weighted by Gasteiger charge is -2.01. The molecule has 0 saturated carbocycles. The molecule has 0 radical (unpaired) electrons. The van der Waals surface area contributed by atoms with Crippen LogP contribution in [0.5, 0.6) is 0 Å². The summed E-state index contributed by atoms with van der Waals surface area (Å²) in [5.74, 6) is 0. The third kappa shape index (κ3) is 1.01. The van der Waals surface area contributed by atoms with Gasteiger partial charge in [0.1, 0.15) is 5.65 Å². The van der Waals surface area contributed by atoms with Gasteiger partial charge in [0, 0.05) is 37.1 Å². The van der Waals surface area contributed by atoms with Crippen LogP contribution in [0.25, 0.3) is 16.6 Å². The first-order chi connectivity index (χ1) is 7.27. The zero-order valence-electron chi connectivity index (χ0n) is 8.21. The van der Waals surface area contributed by atoms with Gasteiger partial charge in [0.05, 0.1) is 5.52 Å². The van der Waals surface area contributed by atoms with Crippen molar-refractivity contribution < 1.29 is 0 Å². The smallest absolute Gasteiger partial charge is 0.257 e. The molecule has 0 aliphatic rings. The summed E-state index contributed by atoms with van der Waals surface area (Å²) in [6.07, 6.45) is 5.26. The van der Waals surface area contributed by atoms with Crippen molar-refractivity contribution in [1.29, 1.82) is 0 Å². The predicted octanol–water partition coefficient (Wildman–Crippen LogP) is 1.19. The van der Waals surface area contributed by atoms with Crippen LogP contribution in [0.4, 0.5) is 0 Å². The van der Waals surface area contributed by atoms with E-state index in [1.807, 2.05) is 29.9 Å². The van der Waals surface area contributed by atoms with E-state index in [4.69, 9.17) is 0 Å². The number of nitrogens with zero attached hydrogens (tertiary/aromatic N) is 3. The molecule has 3 aromatic rings. The van der Waals surface area contributed by atoms with E-state index in [1.165, 1.54) is 6.07 Å². The van der Waals surface area contributed by atoms with Gasteiger partial charge in [-0.3, -0.25) is 9.20 Å². The molecular formula is C11H9N3O. The largest absolute Gasteiger partial charge is 0.350 e. The van der Waals surface area contributed by atoms with Crippen molar-refractivity contribution in [2.24, 2.45) is 7.05 Å². The van der Waals surface area contributed by atoms with E-state index < -0.39 is 0 Å². The summed E-state index contributed by atoms with van der Waals surface area (Å²) in [5, 5.41) is 0.998. The summed E-state index contributed by atoms with van der Waals surface area (Å²) in [4.78, 5) is 15.8. The normalized spacial score (nSPS) is 11.3. The van der Waals surface area contributed by atoms with E-state index in [9.17, 15) is 4.79 Å². The fourth-order valence-corrected chi connectivity index (χ4v) is 1.85. The Hall–Kier alpha value is -2.10. The van der Waals surface area contributed by atoms with Crippen LogP contribution in [-0.4, -0.2) is 14.0 Å². The van der Waals surface area contributed by atoms with Crippen molar-refractivity contribution in [1.82, 2.24) is 14.0 Å². The van der Waals surface area contributed by atoms with E-state index in [1.54, 1.807) is 16.8 Å². The average molecular weight is 199 g/mol. The van der Waals surface area contributed by atoms with Gasteiger partial charge in [-0.2, -0.15) is 0 Å². The number of hydrogen-bond acceptors (Lipinski definition) is 2. The number of fused-ring (bicyclic) bond motifs is 3. The number of aryl methyl sites for hydroxylation is 1. The minimum Gasteiger partial charge on any atom is -0.350 e. The van der Waals surface area contributed by atoms with Gasteiger partial charge in [-0.05, 0) is 12.1 Å². The maximum Gasteiger partial charge on any atom is 0.257 e. The highest BCUT2D eigenvalue weighted by Crippen LogP contribution is 2.17. The number of rotatable bonds is 0. The van der Waals surface area contributed by atoms with Crippen LogP contribution in [0.2, 0.25) is 0 Å². The van der Waals surface area contributed by atoms with E-state index in [0.717, 1.165) is 10.9 Å². The molecule has 3 heterocycles. The van der Waals surface area contributed by atoms with Gasteiger partial charge >= 0.3 is 0 Å². The van der Waals surface area contributed by atoms with Gasteiger partial charge < -0.3 is 4.57 Å². The summed E-state index contributed by atoms with van der Waals surface area (Å²) in [7, 11) is 1.97. The summed E-state index contributed by atoms with van der Waals surface area (Å²) in [6.45, 7) is 0. The van der Waals surface area contributed by atoms with Gasteiger partial charge in [-0.15, -0.1) is 0 Å². The third-order valence-corrected chi connectivity index (χ3v) is 2.62. The van der Waals surface area contributed by atoms with E-state index in [0.29, 0.717) is 5.65 Å². The Labute approximate surface area is 85.4 Å². The zero-order valence-corrected chi connectivity index (χ0v) is 8.21. The second-order valence-corrected chi connectivity index (χ2v) is 3.52. The topological polar surface area (TPSA) is 39.3 Å². The van der Waals surface area contributed by atoms with Crippen LogP contribution in [-0.2, 0) is 7.05 Å². The summed E-state index contributed by atoms with van der Waals surface area (Å²) < 4.78 is 3.57. The quantitative estimate of drug-likeness (QED) is 0.545. The highest BCUT2D eigenvalue weighted by Gasteiger charge is 2.04. The fraction of sp³-hybridized carbons (Fsp3) is 0.0909. The number of aromatic nitrogens is 3. The van der Waals surface area contributed by atoms with Crippen molar-refractivity contribution in [3.8, 4) is 0 Å². The van der Waals surface area contributed by atoms with Crippen LogP contribution in [0.1, 0.15) is 0 Å². The molecule has 0 N–H and O–H groups in total.